The third-order valence-electron chi connectivity index (χ3n) is 3.75. The number of likely N-dealkylation sites (N-methyl/N-ethyl adjacent to an activating group) is 1. The number of benzene rings is 1. The predicted octanol–water partition coefficient (Wildman–Crippen LogP) is 1.45. The van der Waals surface area contributed by atoms with Gasteiger partial charge < -0.3 is 15.0 Å². The lowest BCUT2D eigenvalue weighted by atomic mass is 10.1. The minimum Gasteiger partial charge on any atom is -0.490 e. The van der Waals surface area contributed by atoms with Crippen molar-refractivity contribution in [3.05, 3.63) is 18.2 Å². The summed E-state index contributed by atoms with van der Waals surface area (Å²) in [7, 11) is 1.94. The number of fused-ring (bicyclic) bond motifs is 1. The van der Waals surface area contributed by atoms with Crippen molar-refractivity contribution in [2.45, 2.75) is 18.4 Å². The Kier molecular flexibility index (Phi) is 3.44. The number of rotatable bonds is 2. The van der Waals surface area contributed by atoms with Crippen LogP contribution in [-0.2, 0) is 4.79 Å². The van der Waals surface area contributed by atoms with Crippen LogP contribution in [0.15, 0.2) is 18.2 Å². The van der Waals surface area contributed by atoms with Gasteiger partial charge in [-0.25, -0.2) is 8.78 Å². The van der Waals surface area contributed by atoms with Crippen molar-refractivity contribution in [3.63, 3.8) is 0 Å². The molecule has 21 heavy (non-hydrogen) atoms. The highest BCUT2D eigenvalue weighted by molar-refractivity contribution is 5.95. The molecule has 2 N–H and O–H groups in total. The summed E-state index contributed by atoms with van der Waals surface area (Å²) >= 11 is 0. The number of alkyl halides is 2. The molecular formula is C14H17F2N3O2. The molecule has 2 heterocycles. The predicted molar refractivity (Wildman–Crippen MR) is 75.2 cm³/mol. The van der Waals surface area contributed by atoms with Crippen molar-refractivity contribution in [1.82, 2.24) is 5.32 Å². The van der Waals surface area contributed by atoms with E-state index < -0.39 is 30.8 Å². The molecule has 0 radical (unpaired) electrons. The van der Waals surface area contributed by atoms with Crippen LogP contribution < -0.4 is 20.3 Å². The summed E-state index contributed by atoms with van der Waals surface area (Å²) in [6.07, 6.45) is -0.465. The second-order valence-corrected chi connectivity index (χ2v) is 5.44. The fourth-order valence-corrected chi connectivity index (χ4v) is 2.56. The lowest BCUT2D eigenvalue weighted by molar-refractivity contribution is -0.118. The lowest BCUT2D eigenvalue weighted by Gasteiger charge is -2.28. The first kappa shape index (κ1) is 14.1. The smallest absolute Gasteiger partial charge is 0.262 e. The van der Waals surface area contributed by atoms with E-state index in [0.717, 1.165) is 18.0 Å². The average Bonchev–Trinajstić information content (AvgIpc) is 2.80. The van der Waals surface area contributed by atoms with Crippen LogP contribution >= 0.6 is 0 Å². The zero-order chi connectivity index (χ0) is 15.0. The van der Waals surface area contributed by atoms with E-state index in [2.05, 4.69) is 10.6 Å². The molecule has 3 rings (SSSR count). The second-order valence-electron chi connectivity index (χ2n) is 5.44. The number of halogens is 2. The lowest BCUT2D eigenvalue weighted by Crippen LogP contribution is -2.35. The average molecular weight is 297 g/mol. The maximum Gasteiger partial charge on any atom is 0.262 e. The second kappa shape index (κ2) is 5.14. The largest absolute Gasteiger partial charge is 0.490 e. The van der Waals surface area contributed by atoms with Gasteiger partial charge in [-0.3, -0.25) is 10.1 Å². The summed E-state index contributed by atoms with van der Waals surface area (Å²) < 4.78 is 31.7. The number of carbonyl (C=O) groups is 1. The number of carbonyl (C=O) groups excluding carboxylic acids is 1. The molecule has 2 aliphatic heterocycles. The van der Waals surface area contributed by atoms with Crippen LogP contribution in [0.25, 0.3) is 0 Å². The fourth-order valence-electron chi connectivity index (χ4n) is 2.56. The van der Waals surface area contributed by atoms with E-state index in [-0.39, 0.29) is 0 Å². The molecule has 1 amide bonds. The molecule has 0 aromatic heterocycles. The topological polar surface area (TPSA) is 53.6 Å². The van der Waals surface area contributed by atoms with E-state index in [1.165, 1.54) is 0 Å². The van der Waals surface area contributed by atoms with Gasteiger partial charge in [0, 0.05) is 19.2 Å². The molecule has 5 nitrogen and oxygen atoms in total. The number of hydrogen-bond donors (Lipinski definition) is 2. The SMILES string of the molecule is CN1CCOc2ccc(NC(=O)C3CC(F)(F)CN3)cc21. The fraction of sp³-hybridized carbons (Fsp3) is 0.500. The molecule has 1 aromatic rings. The highest BCUT2D eigenvalue weighted by Crippen LogP contribution is 2.33. The van der Waals surface area contributed by atoms with Crippen LogP contribution in [0, 0.1) is 0 Å². The third-order valence-corrected chi connectivity index (χ3v) is 3.75. The first-order valence-corrected chi connectivity index (χ1v) is 6.85. The van der Waals surface area contributed by atoms with E-state index in [1.807, 2.05) is 11.9 Å². The summed E-state index contributed by atoms with van der Waals surface area (Å²) in [4.78, 5) is 14.0. The number of nitrogens with zero attached hydrogens (tertiary/aromatic N) is 1. The molecule has 114 valence electrons. The summed E-state index contributed by atoms with van der Waals surface area (Å²) in [5, 5.41) is 5.22. The Hall–Kier alpha value is -1.89. The van der Waals surface area contributed by atoms with Gasteiger partial charge in [0.25, 0.3) is 5.92 Å². The molecule has 0 bridgehead atoms. The number of anilines is 2. The van der Waals surface area contributed by atoms with Gasteiger partial charge in [0.1, 0.15) is 12.4 Å². The monoisotopic (exact) mass is 297 g/mol. The van der Waals surface area contributed by atoms with Crippen LogP contribution in [-0.4, -0.2) is 44.6 Å². The number of ether oxygens (including phenoxy) is 1. The van der Waals surface area contributed by atoms with E-state index >= 15 is 0 Å². The maximum absolute atomic E-state index is 13.1. The number of amides is 1. The Morgan fingerprint density at radius 3 is 3.05 bits per heavy atom. The first-order chi connectivity index (χ1) is 9.94. The minimum atomic E-state index is -2.81. The summed E-state index contributed by atoms with van der Waals surface area (Å²) in [6, 6.07) is 4.42. The van der Waals surface area contributed by atoms with Crippen molar-refractivity contribution in [2.75, 3.05) is 37.0 Å². The van der Waals surface area contributed by atoms with Crippen LogP contribution in [0.1, 0.15) is 6.42 Å². The Balaban J connectivity index is 1.71. The molecule has 0 aliphatic carbocycles. The standard InChI is InChI=1S/C14H17F2N3O2/c1-19-4-5-21-12-3-2-9(6-11(12)19)18-13(20)10-7-14(15,16)8-17-10/h2-3,6,10,17H,4-5,7-8H2,1H3,(H,18,20). The van der Waals surface area contributed by atoms with E-state index in [1.54, 1.807) is 18.2 Å². The molecule has 7 heteroatoms. The molecule has 1 atom stereocenters. The summed E-state index contributed by atoms with van der Waals surface area (Å²) in [5.74, 6) is -2.50. The first-order valence-electron chi connectivity index (χ1n) is 6.85. The molecule has 0 saturated carbocycles. The molecule has 0 spiro atoms. The van der Waals surface area contributed by atoms with Gasteiger partial charge in [0.05, 0.1) is 24.8 Å². The zero-order valence-electron chi connectivity index (χ0n) is 11.7. The van der Waals surface area contributed by atoms with Gasteiger partial charge >= 0.3 is 0 Å². The Bertz CT molecular complexity index is 565. The quantitative estimate of drug-likeness (QED) is 0.867. The molecule has 1 unspecified atom stereocenters. The Labute approximate surface area is 121 Å². The molecule has 2 aliphatic rings. The molecule has 1 aromatic carbocycles. The van der Waals surface area contributed by atoms with Gasteiger partial charge in [-0.05, 0) is 18.2 Å². The number of nitrogens with one attached hydrogen (secondary N) is 2. The van der Waals surface area contributed by atoms with E-state index in [4.69, 9.17) is 4.74 Å². The number of hydrogen-bond acceptors (Lipinski definition) is 4. The molecule has 1 saturated heterocycles. The van der Waals surface area contributed by atoms with Gasteiger partial charge in [-0.2, -0.15) is 0 Å². The Morgan fingerprint density at radius 2 is 2.33 bits per heavy atom. The summed E-state index contributed by atoms with van der Waals surface area (Å²) in [5.41, 5.74) is 1.46. The van der Waals surface area contributed by atoms with Crippen LogP contribution in [0.4, 0.5) is 20.2 Å². The zero-order valence-corrected chi connectivity index (χ0v) is 11.7. The van der Waals surface area contributed by atoms with Crippen LogP contribution in [0.5, 0.6) is 5.75 Å². The van der Waals surface area contributed by atoms with Crippen LogP contribution in [0.2, 0.25) is 0 Å². The van der Waals surface area contributed by atoms with Crippen molar-refractivity contribution >= 4 is 17.3 Å². The highest BCUT2D eigenvalue weighted by Gasteiger charge is 2.42. The van der Waals surface area contributed by atoms with Crippen molar-refractivity contribution in [3.8, 4) is 5.75 Å². The van der Waals surface area contributed by atoms with Crippen molar-refractivity contribution in [2.24, 2.45) is 0 Å². The van der Waals surface area contributed by atoms with Crippen molar-refractivity contribution < 1.29 is 18.3 Å². The highest BCUT2D eigenvalue weighted by atomic mass is 19.3. The van der Waals surface area contributed by atoms with Gasteiger partial charge in [0.15, 0.2) is 0 Å². The summed E-state index contributed by atoms with van der Waals surface area (Å²) in [6.45, 7) is 0.933. The minimum absolute atomic E-state index is 0.438. The Morgan fingerprint density at radius 1 is 1.52 bits per heavy atom. The van der Waals surface area contributed by atoms with Crippen LogP contribution in [0.3, 0.4) is 0 Å². The van der Waals surface area contributed by atoms with Gasteiger partial charge in [-0.15, -0.1) is 0 Å². The van der Waals surface area contributed by atoms with Gasteiger partial charge in [0.2, 0.25) is 5.91 Å². The molecule has 1 fully saturated rings. The normalized spacial score (nSPS) is 23.4. The maximum atomic E-state index is 13.1. The van der Waals surface area contributed by atoms with E-state index in [9.17, 15) is 13.6 Å². The molecular weight excluding hydrogens is 280 g/mol. The van der Waals surface area contributed by atoms with Crippen molar-refractivity contribution in [1.29, 1.82) is 0 Å². The van der Waals surface area contributed by atoms with Gasteiger partial charge in [-0.1, -0.05) is 0 Å². The third kappa shape index (κ3) is 2.92. The van der Waals surface area contributed by atoms with E-state index in [0.29, 0.717) is 12.3 Å².